The third kappa shape index (κ3) is 2.96. The Morgan fingerprint density at radius 1 is 1.55 bits per heavy atom. The zero-order valence-corrected chi connectivity index (χ0v) is 11.7. The number of rotatable bonds is 3. The highest BCUT2D eigenvalue weighted by molar-refractivity contribution is 7.09. The van der Waals surface area contributed by atoms with Crippen LogP contribution in [-0.4, -0.2) is 15.7 Å². The highest BCUT2D eigenvalue weighted by Crippen LogP contribution is 2.35. The van der Waals surface area contributed by atoms with Crippen molar-refractivity contribution in [2.24, 2.45) is 7.05 Å². The van der Waals surface area contributed by atoms with Crippen molar-refractivity contribution in [1.29, 1.82) is 0 Å². The van der Waals surface area contributed by atoms with E-state index < -0.39 is 22.8 Å². The largest absolute Gasteiger partial charge is 0.436 e. The van der Waals surface area contributed by atoms with Crippen molar-refractivity contribution in [2.45, 2.75) is 12.7 Å². The first-order valence-corrected chi connectivity index (χ1v) is 6.66. The van der Waals surface area contributed by atoms with Gasteiger partial charge in [0.25, 0.3) is 5.91 Å². The molecule has 2 aromatic heterocycles. The van der Waals surface area contributed by atoms with Gasteiger partial charge in [-0.2, -0.15) is 18.3 Å². The van der Waals surface area contributed by atoms with Gasteiger partial charge in [0.15, 0.2) is 5.69 Å². The summed E-state index contributed by atoms with van der Waals surface area (Å²) in [6.45, 7) is 0.222. The molecule has 0 atom stereocenters. The van der Waals surface area contributed by atoms with Crippen LogP contribution in [0.1, 0.15) is 21.1 Å². The Kier molecular flexibility index (Phi) is 4.05. The molecule has 108 valence electrons. The molecule has 0 aliphatic heterocycles. The van der Waals surface area contributed by atoms with Gasteiger partial charge in [0.2, 0.25) is 0 Å². The molecule has 0 fully saturated rings. The number of carbonyl (C=O) groups excluding carboxylic acids is 1. The Morgan fingerprint density at radius 2 is 2.25 bits per heavy atom. The quantitative estimate of drug-likeness (QED) is 0.943. The minimum absolute atomic E-state index is 0.222. The Balaban J connectivity index is 2.20. The van der Waals surface area contributed by atoms with Crippen molar-refractivity contribution in [1.82, 2.24) is 15.1 Å². The number of hydrogen-bond donors (Lipinski definition) is 1. The van der Waals surface area contributed by atoms with E-state index in [1.807, 2.05) is 11.4 Å². The lowest BCUT2D eigenvalue weighted by Crippen LogP contribution is -2.25. The van der Waals surface area contributed by atoms with Gasteiger partial charge in [-0.3, -0.25) is 9.48 Å². The molecule has 20 heavy (non-hydrogen) atoms. The number of nitrogens with one attached hydrogen (secondary N) is 1. The summed E-state index contributed by atoms with van der Waals surface area (Å²) in [6.07, 6.45) is -4.69. The van der Waals surface area contributed by atoms with Crippen molar-refractivity contribution in [3.8, 4) is 0 Å². The Bertz CT molecular complexity index is 622. The molecule has 0 unspecified atom stereocenters. The maximum absolute atomic E-state index is 12.6. The maximum atomic E-state index is 12.6. The summed E-state index contributed by atoms with van der Waals surface area (Å²) < 4.78 is 38.7. The molecule has 0 bridgehead atoms. The highest BCUT2D eigenvalue weighted by atomic mass is 35.5. The van der Waals surface area contributed by atoms with Crippen LogP contribution in [0.5, 0.6) is 0 Å². The highest BCUT2D eigenvalue weighted by Gasteiger charge is 2.39. The van der Waals surface area contributed by atoms with E-state index in [0.29, 0.717) is 0 Å². The minimum atomic E-state index is -4.69. The van der Waals surface area contributed by atoms with E-state index in [-0.39, 0.29) is 12.2 Å². The molecular weight excluding hydrogens is 315 g/mol. The summed E-state index contributed by atoms with van der Waals surface area (Å²) in [6, 6.07) is 3.61. The topological polar surface area (TPSA) is 46.9 Å². The van der Waals surface area contributed by atoms with Gasteiger partial charge in [0.1, 0.15) is 10.7 Å². The number of alkyl halides is 3. The van der Waals surface area contributed by atoms with Crippen LogP contribution < -0.4 is 5.32 Å². The average molecular weight is 324 g/mol. The lowest BCUT2D eigenvalue weighted by molar-refractivity contribution is -0.141. The first kappa shape index (κ1) is 14.9. The number of aryl methyl sites for hydroxylation is 1. The molecule has 1 N–H and O–H groups in total. The fraction of sp³-hybridized carbons (Fsp3) is 0.273. The lowest BCUT2D eigenvalue weighted by Gasteiger charge is -2.04. The molecule has 2 aromatic rings. The van der Waals surface area contributed by atoms with Crippen LogP contribution in [-0.2, 0) is 19.8 Å². The van der Waals surface area contributed by atoms with Crippen LogP contribution in [0.25, 0.3) is 0 Å². The predicted molar refractivity (Wildman–Crippen MR) is 68.7 cm³/mol. The van der Waals surface area contributed by atoms with E-state index >= 15 is 0 Å². The van der Waals surface area contributed by atoms with Crippen molar-refractivity contribution < 1.29 is 18.0 Å². The fourth-order valence-electron chi connectivity index (χ4n) is 1.59. The molecule has 0 aliphatic carbocycles. The summed E-state index contributed by atoms with van der Waals surface area (Å²) in [7, 11) is 1.24. The van der Waals surface area contributed by atoms with E-state index in [2.05, 4.69) is 10.4 Å². The molecule has 0 spiro atoms. The first-order valence-electron chi connectivity index (χ1n) is 5.41. The molecule has 0 saturated carbocycles. The monoisotopic (exact) mass is 323 g/mol. The Hall–Kier alpha value is -1.54. The maximum Gasteiger partial charge on any atom is 0.436 e. The third-order valence-corrected chi connectivity index (χ3v) is 3.71. The molecule has 0 aliphatic rings. The second kappa shape index (κ2) is 5.45. The van der Waals surface area contributed by atoms with Crippen molar-refractivity contribution >= 4 is 28.8 Å². The predicted octanol–water partition coefficient (Wildman–Crippen LogP) is 3.08. The summed E-state index contributed by atoms with van der Waals surface area (Å²) in [5, 5.41) is 6.90. The van der Waals surface area contributed by atoms with E-state index in [1.165, 1.54) is 18.4 Å². The second-order valence-electron chi connectivity index (χ2n) is 3.89. The standard InChI is InChI=1S/C11H9ClF3N3OS/c1-18-8(7(12)9(17-18)11(13,14)15)10(19)16-5-6-3-2-4-20-6/h2-4H,5H2,1H3,(H,16,19). The molecule has 1 amide bonds. The lowest BCUT2D eigenvalue weighted by atomic mass is 10.3. The van der Waals surface area contributed by atoms with E-state index in [0.717, 1.165) is 9.56 Å². The number of carbonyl (C=O) groups is 1. The summed E-state index contributed by atoms with van der Waals surface area (Å²) in [4.78, 5) is 12.8. The van der Waals surface area contributed by atoms with Crippen LogP contribution in [0.4, 0.5) is 13.2 Å². The van der Waals surface area contributed by atoms with Crippen LogP contribution >= 0.6 is 22.9 Å². The second-order valence-corrected chi connectivity index (χ2v) is 5.30. The molecule has 0 saturated heterocycles. The van der Waals surface area contributed by atoms with E-state index in [1.54, 1.807) is 6.07 Å². The van der Waals surface area contributed by atoms with Gasteiger partial charge in [0.05, 0.1) is 6.54 Å². The summed E-state index contributed by atoms with van der Waals surface area (Å²) in [5.41, 5.74) is -1.57. The van der Waals surface area contributed by atoms with Gasteiger partial charge >= 0.3 is 6.18 Å². The number of hydrogen-bond acceptors (Lipinski definition) is 3. The van der Waals surface area contributed by atoms with Crippen LogP contribution in [0, 0.1) is 0 Å². The number of amides is 1. The zero-order chi connectivity index (χ0) is 14.9. The summed E-state index contributed by atoms with van der Waals surface area (Å²) in [5.74, 6) is -0.700. The molecule has 4 nitrogen and oxygen atoms in total. The fourth-order valence-corrected chi connectivity index (χ4v) is 2.59. The third-order valence-electron chi connectivity index (χ3n) is 2.48. The van der Waals surface area contributed by atoms with Gasteiger partial charge in [-0.1, -0.05) is 17.7 Å². The molecule has 9 heteroatoms. The van der Waals surface area contributed by atoms with Crippen LogP contribution in [0.15, 0.2) is 17.5 Å². The minimum Gasteiger partial charge on any atom is -0.346 e. The van der Waals surface area contributed by atoms with E-state index in [9.17, 15) is 18.0 Å². The van der Waals surface area contributed by atoms with Crippen molar-refractivity contribution in [3.05, 3.63) is 38.8 Å². The SMILES string of the molecule is Cn1nc(C(F)(F)F)c(Cl)c1C(=O)NCc1cccs1. The number of halogens is 4. The molecule has 0 aromatic carbocycles. The van der Waals surface area contributed by atoms with Crippen molar-refractivity contribution in [3.63, 3.8) is 0 Å². The number of aromatic nitrogens is 2. The zero-order valence-electron chi connectivity index (χ0n) is 10.2. The normalized spacial score (nSPS) is 11.7. The van der Waals surface area contributed by atoms with Gasteiger partial charge in [0, 0.05) is 11.9 Å². The van der Waals surface area contributed by atoms with Gasteiger partial charge in [-0.25, -0.2) is 0 Å². The van der Waals surface area contributed by atoms with Crippen LogP contribution in [0.3, 0.4) is 0 Å². The molecule has 2 heterocycles. The van der Waals surface area contributed by atoms with Gasteiger partial charge in [-0.05, 0) is 11.4 Å². The smallest absolute Gasteiger partial charge is 0.346 e. The number of nitrogens with zero attached hydrogens (tertiary/aromatic N) is 2. The molecule has 2 rings (SSSR count). The average Bonchev–Trinajstić information content (AvgIpc) is 2.94. The number of thiophene rings is 1. The Morgan fingerprint density at radius 3 is 2.75 bits per heavy atom. The van der Waals surface area contributed by atoms with Gasteiger partial charge in [-0.15, -0.1) is 11.3 Å². The molecule has 0 radical (unpaired) electrons. The van der Waals surface area contributed by atoms with Gasteiger partial charge < -0.3 is 5.32 Å². The Labute approximate surface area is 121 Å². The summed E-state index contributed by atoms with van der Waals surface area (Å²) >= 11 is 7.04. The first-order chi connectivity index (χ1) is 9.30. The van der Waals surface area contributed by atoms with E-state index in [4.69, 9.17) is 11.6 Å². The van der Waals surface area contributed by atoms with Crippen LogP contribution in [0.2, 0.25) is 5.02 Å². The van der Waals surface area contributed by atoms with Crippen molar-refractivity contribution in [2.75, 3.05) is 0 Å². The molecular formula is C11H9ClF3N3OS.